The largest absolute Gasteiger partial charge is 0.300 e. The Bertz CT molecular complexity index is 184. The SMILES string of the molecule is CCCCC(C(C)C)C(C)CCC(=O)CC. The van der Waals surface area contributed by atoms with Gasteiger partial charge in [0.1, 0.15) is 5.78 Å². The Balaban J connectivity index is 4.05. The lowest BCUT2D eigenvalue weighted by atomic mass is 9.78. The minimum absolute atomic E-state index is 0.421. The number of carbonyl (C=O) groups is 1. The van der Waals surface area contributed by atoms with Crippen LogP contribution < -0.4 is 0 Å². The summed E-state index contributed by atoms with van der Waals surface area (Å²) < 4.78 is 0. The maximum Gasteiger partial charge on any atom is 0.132 e. The summed E-state index contributed by atoms with van der Waals surface area (Å²) in [6.07, 6.45) is 6.51. The van der Waals surface area contributed by atoms with Crippen molar-refractivity contribution in [1.29, 1.82) is 0 Å². The quantitative estimate of drug-likeness (QED) is 0.549. The van der Waals surface area contributed by atoms with Crippen LogP contribution >= 0.6 is 0 Å². The van der Waals surface area contributed by atoms with Gasteiger partial charge >= 0.3 is 0 Å². The van der Waals surface area contributed by atoms with E-state index in [4.69, 9.17) is 0 Å². The second-order valence-corrected chi connectivity index (χ2v) is 5.46. The van der Waals surface area contributed by atoms with Crippen molar-refractivity contribution in [2.45, 2.75) is 73.1 Å². The topological polar surface area (TPSA) is 17.1 Å². The predicted molar refractivity (Wildman–Crippen MR) is 71.5 cm³/mol. The lowest BCUT2D eigenvalue weighted by Gasteiger charge is -2.27. The van der Waals surface area contributed by atoms with Crippen LogP contribution in [-0.2, 0) is 4.79 Å². The van der Waals surface area contributed by atoms with Crippen molar-refractivity contribution in [3.63, 3.8) is 0 Å². The predicted octanol–water partition coefficient (Wildman–Crippen LogP) is 4.84. The minimum atomic E-state index is 0.421. The Morgan fingerprint density at radius 2 is 1.69 bits per heavy atom. The summed E-state index contributed by atoms with van der Waals surface area (Å²) in [6.45, 7) is 11.2. The average Bonchev–Trinajstić information content (AvgIpc) is 2.25. The van der Waals surface area contributed by atoms with Crippen LogP contribution in [0, 0.1) is 17.8 Å². The molecule has 0 aromatic rings. The monoisotopic (exact) mass is 226 g/mol. The number of rotatable bonds is 9. The van der Waals surface area contributed by atoms with Crippen LogP contribution in [0.1, 0.15) is 73.1 Å². The lowest BCUT2D eigenvalue weighted by Crippen LogP contribution is -2.19. The normalized spacial score (nSPS) is 15.1. The standard InChI is InChI=1S/C15H30O/c1-6-8-9-15(12(3)4)13(5)10-11-14(16)7-2/h12-13,15H,6-11H2,1-5H3. The molecule has 0 amide bonds. The number of Topliss-reactive ketones (excluding diaryl/α,β-unsaturated/α-hetero) is 1. The first kappa shape index (κ1) is 15.7. The van der Waals surface area contributed by atoms with Gasteiger partial charge in [0, 0.05) is 12.8 Å². The van der Waals surface area contributed by atoms with Gasteiger partial charge in [-0.1, -0.05) is 47.5 Å². The molecule has 0 saturated carbocycles. The third-order valence-electron chi connectivity index (χ3n) is 3.75. The zero-order chi connectivity index (χ0) is 12.6. The molecule has 0 heterocycles. The first-order valence-electron chi connectivity index (χ1n) is 7.04. The molecule has 0 radical (unpaired) electrons. The van der Waals surface area contributed by atoms with E-state index in [0.29, 0.717) is 18.1 Å². The summed E-state index contributed by atoms with van der Waals surface area (Å²) in [5, 5.41) is 0. The highest BCUT2D eigenvalue weighted by Crippen LogP contribution is 2.29. The zero-order valence-corrected chi connectivity index (χ0v) is 11.9. The number of hydrogen-bond acceptors (Lipinski definition) is 1. The fraction of sp³-hybridized carbons (Fsp3) is 0.933. The van der Waals surface area contributed by atoms with Crippen molar-refractivity contribution < 1.29 is 4.79 Å². The summed E-state index contributed by atoms with van der Waals surface area (Å²) in [7, 11) is 0. The van der Waals surface area contributed by atoms with Crippen molar-refractivity contribution in [1.82, 2.24) is 0 Å². The average molecular weight is 226 g/mol. The van der Waals surface area contributed by atoms with E-state index in [0.717, 1.165) is 24.7 Å². The molecule has 1 heteroatoms. The number of hydrogen-bond donors (Lipinski definition) is 0. The highest BCUT2D eigenvalue weighted by Gasteiger charge is 2.20. The molecule has 0 aliphatic carbocycles. The third-order valence-corrected chi connectivity index (χ3v) is 3.75. The van der Waals surface area contributed by atoms with Crippen LogP contribution in [0.15, 0.2) is 0 Å². The molecule has 2 atom stereocenters. The highest BCUT2D eigenvalue weighted by molar-refractivity contribution is 5.77. The molecule has 0 fully saturated rings. The molecule has 0 aliphatic heterocycles. The second-order valence-electron chi connectivity index (χ2n) is 5.46. The maximum atomic E-state index is 11.3. The van der Waals surface area contributed by atoms with Crippen molar-refractivity contribution >= 4 is 5.78 Å². The van der Waals surface area contributed by atoms with E-state index in [2.05, 4.69) is 27.7 Å². The first-order valence-corrected chi connectivity index (χ1v) is 7.04. The van der Waals surface area contributed by atoms with Gasteiger partial charge in [-0.2, -0.15) is 0 Å². The molecule has 16 heavy (non-hydrogen) atoms. The Morgan fingerprint density at radius 1 is 1.06 bits per heavy atom. The summed E-state index contributed by atoms with van der Waals surface area (Å²) in [4.78, 5) is 11.3. The molecular formula is C15H30O. The molecule has 0 aliphatic rings. The van der Waals surface area contributed by atoms with Crippen LogP contribution in [0.25, 0.3) is 0 Å². The second kappa shape index (κ2) is 8.78. The lowest BCUT2D eigenvalue weighted by molar-refractivity contribution is -0.119. The highest BCUT2D eigenvalue weighted by atomic mass is 16.1. The van der Waals surface area contributed by atoms with E-state index in [1.165, 1.54) is 19.3 Å². The number of unbranched alkanes of at least 4 members (excludes halogenated alkanes) is 1. The molecule has 0 aromatic carbocycles. The third kappa shape index (κ3) is 6.30. The van der Waals surface area contributed by atoms with Gasteiger partial charge in [-0.15, -0.1) is 0 Å². The van der Waals surface area contributed by atoms with Crippen LogP contribution in [0.3, 0.4) is 0 Å². The first-order chi connectivity index (χ1) is 7.52. The van der Waals surface area contributed by atoms with Crippen LogP contribution in [-0.4, -0.2) is 5.78 Å². The van der Waals surface area contributed by atoms with E-state index >= 15 is 0 Å². The van der Waals surface area contributed by atoms with E-state index in [-0.39, 0.29) is 0 Å². The molecule has 2 unspecified atom stereocenters. The van der Waals surface area contributed by atoms with Crippen molar-refractivity contribution in [3.8, 4) is 0 Å². The van der Waals surface area contributed by atoms with Gasteiger partial charge in [-0.3, -0.25) is 4.79 Å². The molecule has 0 rings (SSSR count). The van der Waals surface area contributed by atoms with Crippen molar-refractivity contribution in [3.05, 3.63) is 0 Å². The molecule has 0 aromatic heterocycles. The minimum Gasteiger partial charge on any atom is -0.300 e. The molecule has 0 saturated heterocycles. The zero-order valence-electron chi connectivity index (χ0n) is 11.9. The van der Waals surface area contributed by atoms with Crippen LogP contribution in [0.5, 0.6) is 0 Å². The Labute approximate surface area is 102 Å². The van der Waals surface area contributed by atoms with Gasteiger partial charge < -0.3 is 0 Å². The van der Waals surface area contributed by atoms with E-state index in [1.54, 1.807) is 0 Å². The Kier molecular flexibility index (Phi) is 8.60. The van der Waals surface area contributed by atoms with E-state index in [1.807, 2.05) is 6.92 Å². The molecule has 0 bridgehead atoms. The van der Waals surface area contributed by atoms with E-state index < -0.39 is 0 Å². The molecule has 0 spiro atoms. The molecular weight excluding hydrogens is 196 g/mol. The number of ketones is 1. The van der Waals surface area contributed by atoms with Crippen LogP contribution in [0.4, 0.5) is 0 Å². The summed E-state index contributed by atoms with van der Waals surface area (Å²) in [5.74, 6) is 2.66. The fourth-order valence-corrected chi connectivity index (χ4v) is 2.49. The number of carbonyl (C=O) groups excluding carboxylic acids is 1. The van der Waals surface area contributed by atoms with E-state index in [9.17, 15) is 4.79 Å². The fourth-order valence-electron chi connectivity index (χ4n) is 2.49. The van der Waals surface area contributed by atoms with Gasteiger partial charge in [-0.05, 0) is 30.6 Å². The van der Waals surface area contributed by atoms with Crippen molar-refractivity contribution in [2.75, 3.05) is 0 Å². The summed E-state index contributed by atoms with van der Waals surface area (Å²) in [6, 6.07) is 0. The van der Waals surface area contributed by atoms with Crippen molar-refractivity contribution in [2.24, 2.45) is 17.8 Å². The van der Waals surface area contributed by atoms with Gasteiger partial charge in [-0.25, -0.2) is 0 Å². The van der Waals surface area contributed by atoms with Crippen LogP contribution in [0.2, 0.25) is 0 Å². The smallest absolute Gasteiger partial charge is 0.132 e. The Hall–Kier alpha value is -0.330. The molecule has 1 nitrogen and oxygen atoms in total. The summed E-state index contributed by atoms with van der Waals surface area (Å²) >= 11 is 0. The van der Waals surface area contributed by atoms with Gasteiger partial charge in [0.05, 0.1) is 0 Å². The van der Waals surface area contributed by atoms with Gasteiger partial charge in [0.2, 0.25) is 0 Å². The summed E-state index contributed by atoms with van der Waals surface area (Å²) in [5.41, 5.74) is 0. The van der Waals surface area contributed by atoms with Gasteiger partial charge in [0.25, 0.3) is 0 Å². The molecule has 0 N–H and O–H groups in total. The molecule has 96 valence electrons. The van der Waals surface area contributed by atoms with Gasteiger partial charge in [0.15, 0.2) is 0 Å². The Morgan fingerprint density at radius 3 is 2.12 bits per heavy atom. The maximum absolute atomic E-state index is 11.3.